The highest BCUT2D eigenvalue weighted by atomic mass is 35.5. The van der Waals surface area contributed by atoms with E-state index >= 15 is 0 Å². The van der Waals surface area contributed by atoms with Crippen LogP contribution in [-0.4, -0.2) is 155 Å². The van der Waals surface area contributed by atoms with Crippen molar-refractivity contribution in [3.63, 3.8) is 0 Å². The molecule has 0 N–H and O–H groups in total. The van der Waals surface area contributed by atoms with Crippen molar-refractivity contribution in [1.82, 2.24) is 19.6 Å². The van der Waals surface area contributed by atoms with Crippen molar-refractivity contribution in [2.75, 3.05) is 123 Å². The van der Waals surface area contributed by atoms with Crippen LogP contribution in [-0.2, 0) is 48.1 Å². The van der Waals surface area contributed by atoms with Crippen LogP contribution in [0.5, 0.6) is 46.0 Å². The summed E-state index contributed by atoms with van der Waals surface area (Å²) in [6.07, 6.45) is 6.54. The summed E-state index contributed by atoms with van der Waals surface area (Å²) in [7, 11) is 17.6. The molecule has 70 heavy (non-hydrogen) atoms. The summed E-state index contributed by atoms with van der Waals surface area (Å²) in [5.74, 6) is 7.38. The number of ether oxygens (including phenoxy) is 8. The van der Waals surface area contributed by atoms with Gasteiger partial charge in [-0.3, -0.25) is 9.59 Å². The molecule has 4 aliphatic rings. The molecule has 0 unspecified atom stereocenters. The van der Waals surface area contributed by atoms with E-state index < -0.39 is 0 Å². The van der Waals surface area contributed by atoms with E-state index in [4.69, 9.17) is 37.9 Å². The SMILES string of the molecule is COc1cc2c(cc1OC)CC(=O)N(CCCN(C)C[C@H]1Cc3cc(OC)c(OC)cc31)CC2.COc1cc2c(cc1OC)CC(=O)N(CCCN(C)C[C@H]1Cc3cc(OC)c(OC)cc31)CC2.Cl.Cl. The molecule has 2 amide bonds. The largest absolute Gasteiger partial charge is 0.493 e. The lowest BCUT2D eigenvalue weighted by Crippen LogP contribution is -2.36. The number of methoxy groups -OCH3 is 8. The van der Waals surface area contributed by atoms with Crippen molar-refractivity contribution in [2.24, 2.45) is 0 Å². The van der Waals surface area contributed by atoms with Gasteiger partial charge in [0.05, 0.1) is 69.7 Å². The lowest BCUT2D eigenvalue weighted by Gasteiger charge is -2.34. The standard InChI is InChI=1S/2C27H36N2O5.2ClH/c2*1-28(17-21-11-20-14-25(33-4)26(34-5)16-22(20)21)8-6-9-29-10-7-18-12-23(31-2)24(32-3)13-19(18)15-27(29)30;;/h2*12-14,16,21H,6-11,15,17H2,1-5H3;2*1H/t2*21-;;/m11../s1. The van der Waals surface area contributed by atoms with Gasteiger partial charge >= 0.3 is 0 Å². The summed E-state index contributed by atoms with van der Waals surface area (Å²) >= 11 is 0. The first-order valence-corrected chi connectivity index (χ1v) is 23.8. The number of rotatable bonds is 20. The van der Waals surface area contributed by atoms with Gasteiger partial charge in [-0.1, -0.05) is 0 Å². The number of amides is 2. The Morgan fingerprint density at radius 3 is 1.04 bits per heavy atom. The van der Waals surface area contributed by atoms with Crippen molar-refractivity contribution in [1.29, 1.82) is 0 Å². The van der Waals surface area contributed by atoms with Crippen LogP contribution in [0.1, 0.15) is 69.2 Å². The molecule has 0 saturated heterocycles. The van der Waals surface area contributed by atoms with E-state index in [1.807, 2.05) is 34.1 Å². The van der Waals surface area contributed by atoms with Crippen molar-refractivity contribution >= 4 is 36.6 Å². The second-order valence-corrected chi connectivity index (χ2v) is 18.4. The Labute approximate surface area is 427 Å². The van der Waals surface area contributed by atoms with Gasteiger partial charge in [-0.25, -0.2) is 0 Å². The molecule has 2 aliphatic carbocycles. The lowest BCUT2D eigenvalue weighted by atomic mass is 9.77. The van der Waals surface area contributed by atoms with Crippen LogP contribution in [0.3, 0.4) is 0 Å². The number of hydrogen-bond acceptors (Lipinski definition) is 12. The predicted molar refractivity (Wildman–Crippen MR) is 278 cm³/mol. The highest BCUT2D eigenvalue weighted by Crippen LogP contribution is 2.44. The zero-order valence-electron chi connectivity index (χ0n) is 42.8. The number of halogens is 2. The van der Waals surface area contributed by atoms with Crippen molar-refractivity contribution < 1.29 is 47.5 Å². The summed E-state index contributed by atoms with van der Waals surface area (Å²) in [4.78, 5) is 34.6. The molecule has 0 fully saturated rings. The van der Waals surface area contributed by atoms with Gasteiger partial charge in [0.1, 0.15) is 0 Å². The summed E-state index contributed by atoms with van der Waals surface area (Å²) in [5.41, 5.74) is 9.82. The number of carbonyl (C=O) groups is 2. The second kappa shape index (κ2) is 25.7. The molecule has 2 heterocycles. The van der Waals surface area contributed by atoms with Gasteiger partial charge in [0.25, 0.3) is 0 Å². The minimum Gasteiger partial charge on any atom is -0.493 e. The van der Waals surface area contributed by atoms with Crippen LogP contribution in [0.15, 0.2) is 48.5 Å². The molecular formula is C54H74Cl2N4O10. The van der Waals surface area contributed by atoms with Gasteiger partial charge in [-0.2, -0.15) is 0 Å². The summed E-state index contributed by atoms with van der Waals surface area (Å²) in [6, 6.07) is 16.4. The van der Waals surface area contributed by atoms with E-state index in [1.165, 1.54) is 33.4 Å². The van der Waals surface area contributed by atoms with Gasteiger partial charge in [-0.15, -0.1) is 24.8 Å². The normalized spacial score (nSPS) is 16.5. The maximum Gasteiger partial charge on any atom is 0.227 e. The quantitative estimate of drug-likeness (QED) is 0.0875. The zero-order chi connectivity index (χ0) is 48.5. The van der Waals surface area contributed by atoms with Crippen molar-refractivity contribution in [3.05, 3.63) is 93.0 Å². The van der Waals surface area contributed by atoms with Crippen LogP contribution in [0.25, 0.3) is 0 Å². The molecule has 14 nitrogen and oxygen atoms in total. The number of fused-ring (bicyclic) bond motifs is 4. The van der Waals surface area contributed by atoms with E-state index in [0.29, 0.717) is 36.2 Å². The molecule has 2 aliphatic heterocycles. The topological polar surface area (TPSA) is 121 Å². The fraction of sp³-hybridized carbons (Fsp3) is 0.519. The number of carbonyl (C=O) groups excluding carboxylic acids is 2. The van der Waals surface area contributed by atoms with Crippen LogP contribution >= 0.6 is 24.8 Å². The van der Waals surface area contributed by atoms with Crippen LogP contribution in [0, 0.1) is 0 Å². The molecule has 8 rings (SSSR count). The second-order valence-electron chi connectivity index (χ2n) is 18.4. The fourth-order valence-corrected chi connectivity index (χ4v) is 10.3. The first kappa shape index (κ1) is 55.6. The zero-order valence-corrected chi connectivity index (χ0v) is 44.4. The number of likely N-dealkylation sites (N-methyl/N-ethyl adjacent to an activating group) is 2. The molecule has 0 spiro atoms. The van der Waals surface area contributed by atoms with Gasteiger partial charge < -0.3 is 57.5 Å². The van der Waals surface area contributed by atoms with Gasteiger partial charge in [0, 0.05) is 51.1 Å². The van der Waals surface area contributed by atoms with Crippen LogP contribution < -0.4 is 37.9 Å². The van der Waals surface area contributed by atoms with Crippen LogP contribution in [0.4, 0.5) is 0 Å². The third-order valence-corrected chi connectivity index (χ3v) is 14.2. The summed E-state index contributed by atoms with van der Waals surface area (Å²) < 4.78 is 43.5. The Morgan fingerprint density at radius 2 is 0.729 bits per heavy atom. The van der Waals surface area contributed by atoms with Gasteiger partial charge in [0.15, 0.2) is 46.0 Å². The van der Waals surface area contributed by atoms with Gasteiger partial charge in [-0.05, 0) is 159 Å². The monoisotopic (exact) mass is 1010 g/mol. The first-order chi connectivity index (χ1) is 32.9. The molecule has 16 heteroatoms. The molecule has 0 saturated carbocycles. The lowest BCUT2D eigenvalue weighted by molar-refractivity contribution is -0.131. The molecule has 2 atom stereocenters. The Hall–Kier alpha value is -5.28. The smallest absolute Gasteiger partial charge is 0.227 e. The van der Waals surface area contributed by atoms with Crippen molar-refractivity contribution in [3.8, 4) is 46.0 Å². The maximum absolute atomic E-state index is 12.9. The Morgan fingerprint density at radius 1 is 0.443 bits per heavy atom. The maximum atomic E-state index is 12.9. The van der Waals surface area contributed by atoms with Crippen molar-refractivity contribution in [2.45, 2.75) is 63.2 Å². The number of nitrogens with zero attached hydrogens (tertiary/aromatic N) is 4. The van der Waals surface area contributed by atoms with E-state index in [-0.39, 0.29) is 36.6 Å². The predicted octanol–water partition coefficient (Wildman–Crippen LogP) is 7.46. The minimum atomic E-state index is 0. The molecule has 0 radical (unpaired) electrons. The fourth-order valence-electron chi connectivity index (χ4n) is 10.3. The minimum absolute atomic E-state index is 0. The molecule has 4 aromatic rings. The van der Waals surface area contributed by atoms with E-state index in [2.05, 4.69) is 48.2 Å². The third kappa shape index (κ3) is 12.8. The Balaban J connectivity index is 0.000000254. The molecular weight excluding hydrogens is 936 g/mol. The average molecular weight is 1010 g/mol. The number of benzene rings is 4. The highest BCUT2D eigenvalue weighted by molar-refractivity contribution is 5.85. The highest BCUT2D eigenvalue weighted by Gasteiger charge is 2.31. The first-order valence-electron chi connectivity index (χ1n) is 23.8. The number of hydrogen-bond donors (Lipinski definition) is 0. The van der Waals surface area contributed by atoms with Crippen LogP contribution in [0.2, 0.25) is 0 Å². The van der Waals surface area contributed by atoms with E-state index in [0.717, 1.165) is 137 Å². The molecule has 0 aromatic heterocycles. The third-order valence-electron chi connectivity index (χ3n) is 14.2. The van der Waals surface area contributed by atoms with Gasteiger partial charge in [0.2, 0.25) is 11.8 Å². The molecule has 0 bridgehead atoms. The summed E-state index contributed by atoms with van der Waals surface area (Å²) in [5, 5.41) is 0. The Kier molecular flexibility index (Phi) is 20.4. The van der Waals surface area contributed by atoms with E-state index in [1.54, 1.807) is 56.9 Å². The average Bonchev–Trinajstić information content (AvgIpc) is 3.59. The van der Waals surface area contributed by atoms with E-state index in [9.17, 15) is 9.59 Å². The molecule has 4 aromatic carbocycles. The summed E-state index contributed by atoms with van der Waals surface area (Å²) in [6.45, 7) is 6.94. The Bertz CT molecular complexity index is 2250. The molecule has 384 valence electrons.